The second-order valence-electron chi connectivity index (χ2n) is 5.79. The van der Waals surface area contributed by atoms with Crippen LogP contribution in [0.1, 0.15) is 32.9 Å². The van der Waals surface area contributed by atoms with Gasteiger partial charge in [-0.05, 0) is 18.6 Å². The Morgan fingerprint density at radius 1 is 1.35 bits per heavy atom. The first kappa shape index (κ1) is 15.3. The molecule has 120 valence electrons. The van der Waals surface area contributed by atoms with Gasteiger partial charge in [0, 0.05) is 6.07 Å². The summed E-state index contributed by atoms with van der Waals surface area (Å²) in [6, 6.07) is 9.54. The average Bonchev–Trinajstić information content (AvgIpc) is 3.11. The molecule has 0 atom stereocenters. The van der Waals surface area contributed by atoms with Crippen molar-refractivity contribution in [2.75, 3.05) is 0 Å². The number of benzene rings is 1. The fraction of sp³-hybridized carbons (Fsp3) is 0.353. The lowest BCUT2D eigenvalue weighted by molar-refractivity contribution is -0.138. The number of carbonyl (C=O) groups excluding carboxylic acids is 1. The highest BCUT2D eigenvalue weighted by Crippen LogP contribution is 2.22. The van der Waals surface area contributed by atoms with Crippen LogP contribution in [0.5, 0.6) is 5.88 Å². The third kappa shape index (κ3) is 3.11. The topological polar surface area (TPSA) is 72.8 Å². The van der Waals surface area contributed by atoms with Gasteiger partial charge in [0.2, 0.25) is 11.8 Å². The molecule has 1 aromatic carbocycles. The Morgan fingerprint density at radius 3 is 2.83 bits per heavy atom. The minimum atomic E-state index is -0.287. The summed E-state index contributed by atoms with van der Waals surface area (Å²) in [5.74, 6) is 0.445. The molecule has 23 heavy (non-hydrogen) atoms. The predicted octanol–water partition coefficient (Wildman–Crippen LogP) is 3.26. The molecule has 0 unspecified atom stereocenters. The summed E-state index contributed by atoms with van der Waals surface area (Å²) in [5.41, 5.74) is 2.63. The number of hydrogen-bond donors (Lipinski definition) is 1. The van der Waals surface area contributed by atoms with E-state index in [1.807, 2.05) is 24.3 Å². The SMILES string of the molecule is CCCc1cc(OC(=O)C(C)C)n(-c2nc3ccccc3[nH]2)n1. The van der Waals surface area contributed by atoms with Crippen LogP contribution in [0, 0.1) is 5.92 Å². The summed E-state index contributed by atoms with van der Waals surface area (Å²) < 4.78 is 7.05. The Kier molecular flexibility index (Phi) is 4.14. The van der Waals surface area contributed by atoms with Crippen LogP contribution >= 0.6 is 0 Å². The van der Waals surface area contributed by atoms with Gasteiger partial charge in [-0.1, -0.05) is 39.3 Å². The molecule has 6 heteroatoms. The van der Waals surface area contributed by atoms with E-state index in [0.717, 1.165) is 29.6 Å². The number of nitrogens with zero attached hydrogens (tertiary/aromatic N) is 3. The van der Waals surface area contributed by atoms with Crippen molar-refractivity contribution in [3.8, 4) is 11.8 Å². The van der Waals surface area contributed by atoms with Gasteiger partial charge in [0.1, 0.15) is 0 Å². The van der Waals surface area contributed by atoms with E-state index >= 15 is 0 Å². The number of nitrogens with one attached hydrogen (secondary N) is 1. The van der Waals surface area contributed by atoms with E-state index in [9.17, 15) is 4.79 Å². The molecule has 0 spiro atoms. The highest BCUT2D eigenvalue weighted by Gasteiger charge is 2.18. The van der Waals surface area contributed by atoms with Crippen molar-refractivity contribution in [2.45, 2.75) is 33.6 Å². The second-order valence-corrected chi connectivity index (χ2v) is 5.79. The van der Waals surface area contributed by atoms with Gasteiger partial charge in [-0.2, -0.15) is 9.78 Å². The first-order chi connectivity index (χ1) is 11.1. The maximum absolute atomic E-state index is 11.9. The molecule has 1 N–H and O–H groups in total. The van der Waals surface area contributed by atoms with Crippen LogP contribution in [-0.2, 0) is 11.2 Å². The number of imidazole rings is 1. The van der Waals surface area contributed by atoms with Gasteiger partial charge in [0.05, 0.1) is 22.6 Å². The van der Waals surface area contributed by atoms with Gasteiger partial charge in [0.25, 0.3) is 0 Å². The molecule has 2 heterocycles. The van der Waals surface area contributed by atoms with Crippen molar-refractivity contribution in [3.63, 3.8) is 0 Å². The third-order valence-electron chi connectivity index (χ3n) is 3.49. The first-order valence-corrected chi connectivity index (χ1v) is 7.84. The van der Waals surface area contributed by atoms with E-state index in [1.54, 1.807) is 24.6 Å². The molecule has 0 bridgehead atoms. The Labute approximate surface area is 134 Å². The van der Waals surface area contributed by atoms with Gasteiger partial charge in [0.15, 0.2) is 0 Å². The molecule has 0 saturated carbocycles. The number of aromatic nitrogens is 4. The van der Waals surface area contributed by atoms with Gasteiger partial charge < -0.3 is 9.72 Å². The molecular weight excluding hydrogens is 292 g/mol. The first-order valence-electron chi connectivity index (χ1n) is 7.84. The van der Waals surface area contributed by atoms with Crippen LogP contribution in [-0.4, -0.2) is 25.7 Å². The van der Waals surface area contributed by atoms with Crippen molar-refractivity contribution in [2.24, 2.45) is 5.92 Å². The van der Waals surface area contributed by atoms with Gasteiger partial charge in [-0.3, -0.25) is 4.79 Å². The second kappa shape index (κ2) is 6.24. The quantitative estimate of drug-likeness (QED) is 0.734. The molecule has 3 rings (SSSR count). The Morgan fingerprint density at radius 2 is 2.13 bits per heavy atom. The number of ether oxygens (including phenoxy) is 1. The monoisotopic (exact) mass is 312 g/mol. The zero-order valence-corrected chi connectivity index (χ0v) is 13.5. The Balaban J connectivity index is 2.03. The van der Waals surface area contributed by atoms with E-state index in [-0.39, 0.29) is 11.9 Å². The minimum Gasteiger partial charge on any atom is -0.407 e. The van der Waals surface area contributed by atoms with Crippen molar-refractivity contribution in [1.82, 2.24) is 19.7 Å². The third-order valence-corrected chi connectivity index (χ3v) is 3.49. The van der Waals surface area contributed by atoms with E-state index in [1.165, 1.54) is 0 Å². The number of para-hydroxylation sites is 2. The van der Waals surface area contributed by atoms with Gasteiger partial charge in [-0.15, -0.1) is 0 Å². The highest BCUT2D eigenvalue weighted by atomic mass is 16.5. The summed E-state index contributed by atoms with van der Waals surface area (Å²) >= 11 is 0. The largest absolute Gasteiger partial charge is 0.407 e. The van der Waals surface area contributed by atoms with Crippen molar-refractivity contribution in [3.05, 3.63) is 36.0 Å². The zero-order valence-electron chi connectivity index (χ0n) is 13.5. The Bertz CT molecular complexity index is 799. The van der Waals surface area contributed by atoms with E-state index in [4.69, 9.17) is 4.74 Å². The number of carbonyl (C=O) groups is 1. The fourth-order valence-corrected chi connectivity index (χ4v) is 2.27. The van der Waals surface area contributed by atoms with E-state index in [2.05, 4.69) is 22.0 Å². The van der Waals surface area contributed by atoms with E-state index in [0.29, 0.717) is 11.8 Å². The summed E-state index contributed by atoms with van der Waals surface area (Å²) in [4.78, 5) is 19.7. The van der Waals surface area contributed by atoms with Crippen LogP contribution < -0.4 is 4.74 Å². The highest BCUT2D eigenvalue weighted by molar-refractivity contribution is 5.76. The molecule has 0 saturated heterocycles. The number of esters is 1. The molecule has 0 fully saturated rings. The number of aryl methyl sites for hydroxylation is 1. The molecule has 0 aliphatic heterocycles. The van der Waals surface area contributed by atoms with Crippen molar-refractivity contribution in [1.29, 1.82) is 0 Å². The summed E-state index contributed by atoms with van der Waals surface area (Å²) in [6.07, 6.45) is 1.79. The average molecular weight is 312 g/mol. The van der Waals surface area contributed by atoms with Crippen LogP contribution in [0.4, 0.5) is 0 Å². The predicted molar refractivity (Wildman–Crippen MR) is 87.7 cm³/mol. The zero-order chi connectivity index (χ0) is 16.4. The number of fused-ring (bicyclic) bond motifs is 1. The van der Waals surface area contributed by atoms with Gasteiger partial charge >= 0.3 is 5.97 Å². The lowest BCUT2D eigenvalue weighted by Crippen LogP contribution is -2.17. The molecule has 0 radical (unpaired) electrons. The number of H-pyrrole nitrogens is 1. The van der Waals surface area contributed by atoms with Crippen LogP contribution in [0.15, 0.2) is 30.3 Å². The number of aromatic amines is 1. The van der Waals surface area contributed by atoms with Crippen LogP contribution in [0.25, 0.3) is 17.0 Å². The smallest absolute Gasteiger partial charge is 0.315 e. The molecule has 0 amide bonds. The standard InChI is InChI=1S/C17H20N4O2/c1-4-7-12-10-15(23-16(22)11(2)3)21(20-12)17-18-13-8-5-6-9-14(13)19-17/h5-6,8-11H,4,7H2,1-3H3,(H,18,19). The number of hydrogen-bond acceptors (Lipinski definition) is 4. The normalized spacial score (nSPS) is 11.3. The van der Waals surface area contributed by atoms with E-state index < -0.39 is 0 Å². The lowest BCUT2D eigenvalue weighted by Gasteiger charge is -2.07. The Hall–Kier alpha value is -2.63. The molecule has 0 aliphatic carbocycles. The van der Waals surface area contributed by atoms with Crippen molar-refractivity contribution >= 4 is 17.0 Å². The van der Waals surface area contributed by atoms with Crippen molar-refractivity contribution < 1.29 is 9.53 Å². The molecular formula is C17H20N4O2. The fourth-order valence-electron chi connectivity index (χ4n) is 2.27. The molecule has 0 aliphatic rings. The molecule has 3 aromatic rings. The summed E-state index contributed by atoms with van der Waals surface area (Å²) in [6.45, 7) is 5.69. The summed E-state index contributed by atoms with van der Waals surface area (Å²) in [7, 11) is 0. The maximum Gasteiger partial charge on any atom is 0.315 e. The minimum absolute atomic E-state index is 0.205. The maximum atomic E-state index is 11.9. The summed E-state index contributed by atoms with van der Waals surface area (Å²) in [5, 5.41) is 4.52. The molecule has 2 aromatic heterocycles. The molecule has 6 nitrogen and oxygen atoms in total. The number of rotatable bonds is 5. The lowest BCUT2D eigenvalue weighted by atomic mass is 10.2. The van der Waals surface area contributed by atoms with Crippen LogP contribution in [0.2, 0.25) is 0 Å². The van der Waals surface area contributed by atoms with Crippen LogP contribution in [0.3, 0.4) is 0 Å². The van der Waals surface area contributed by atoms with Gasteiger partial charge in [-0.25, -0.2) is 4.98 Å².